The average molecular weight is 849 g/mol. The molecule has 1 heterocycles. The second kappa shape index (κ2) is 20.7. The lowest BCUT2D eigenvalue weighted by Crippen LogP contribution is -2.23. The standard InChI is InChI=1S/C28H28N2.C18H22.C17H14/c1-5-7-10-24-17-18-25(19-22(24)6-2)30-27-12-9-8-11-26(27)29-28(30)21(4)23-15-13-20(3)14-16-23;1-6-8-16-15-10-9-13(3)11-14(15)12-18(4,5)17(16)7-2;1-13-11-12-16(14-7-3-2-4-8-14)17-10-6-5-9-15(13)17/h1,7,9-10,12-19,21H,6,8,11H2,2-4H3;6-11H,2,12H2,1,3-5H3;2-12H,1H3/b10-7-;8-6-;. The summed E-state index contributed by atoms with van der Waals surface area (Å²) in [4.78, 5) is 5.12. The molecule has 1 atom stereocenters. The molecule has 0 aliphatic heterocycles. The number of aromatic nitrogens is 2. The minimum Gasteiger partial charge on any atom is -0.296 e. The van der Waals surface area contributed by atoms with Crippen LogP contribution in [0.4, 0.5) is 0 Å². The third-order valence-corrected chi connectivity index (χ3v) is 12.9. The van der Waals surface area contributed by atoms with Crippen LogP contribution in [-0.2, 0) is 19.3 Å². The molecule has 7 aromatic rings. The number of hydrogen-bond donors (Lipinski definition) is 0. The zero-order valence-corrected chi connectivity index (χ0v) is 39.8. The van der Waals surface area contributed by atoms with E-state index < -0.39 is 0 Å². The Labute approximate surface area is 389 Å². The maximum absolute atomic E-state index is 5.41. The van der Waals surface area contributed by atoms with Crippen LogP contribution in [0, 0.1) is 38.5 Å². The lowest BCUT2D eigenvalue weighted by molar-refractivity contribution is 0.450. The van der Waals surface area contributed by atoms with Crippen molar-refractivity contribution in [2.75, 3.05) is 0 Å². The van der Waals surface area contributed by atoms with Gasteiger partial charge in [0.2, 0.25) is 0 Å². The molecule has 2 nitrogen and oxygen atoms in total. The minimum atomic E-state index is 0.164. The topological polar surface area (TPSA) is 17.8 Å². The van der Waals surface area contributed by atoms with E-state index >= 15 is 0 Å². The SMILES string of the molecule is C#C/C=C\c1ccc(-n2c(C(C)c3ccc(C)cc3)nc3c2C=CCC3)cc1CC.C=CC1=C(/C=C\C)c2ccc(C)cc2CC1(C)C.Cc1ccc(-c2ccccc2)c2ccccc12. The Morgan fingerprint density at radius 2 is 1.52 bits per heavy atom. The van der Waals surface area contributed by atoms with Gasteiger partial charge in [0, 0.05) is 11.6 Å². The van der Waals surface area contributed by atoms with Crippen molar-refractivity contribution in [2.24, 2.45) is 5.41 Å². The van der Waals surface area contributed by atoms with Crippen LogP contribution in [0.5, 0.6) is 0 Å². The smallest absolute Gasteiger partial charge is 0.121 e. The predicted octanol–water partition coefficient (Wildman–Crippen LogP) is 16.4. The first-order valence-electron chi connectivity index (χ1n) is 23.2. The summed E-state index contributed by atoms with van der Waals surface area (Å²) < 4.78 is 2.35. The van der Waals surface area contributed by atoms with Gasteiger partial charge in [-0.3, -0.25) is 4.57 Å². The van der Waals surface area contributed by atoms with E-state index in [1.165, 1.54) is 94.6 Å². The van der Waals surface area contributed by atoms with Gasteiger partial charge < -0.3 is 0 Å². The zero-order valence-electron chi connectivity index (χ0n) is 39.8. The van der Waals surface area contributed by atoms with Gasteiger partial charge in [-0.25, -0.2) is 4.98 Å². The summed E-state index contributed by atoms with van der Waals surface area (Å²) >= 11 is 0. The third kappa shape index (κ3) is 10.2. The lowest BCUT2D eigenvalue weighted by atomic mass is 9.69. The molecule has 326 valence electrons. The second-order valence-electron chi connectivity index (χ2n) is 18.0. The van der Waals surface area contributed by atoms with E-state index in [4.69, 9.17) is 11.4 Å². The van der Waals surface area contributed by atoms with Crippen LogP contribution >= 0.6 is 0 Å². The number of nitrogens with zero attached hydrogens (tertiary/aromatic N) is 2. The van der Waals surface area contributed by atoms with Gasteiger partial charge in [-0.1, -0.05) is 191 Å². The molecule has 0 spiro atoms. The fourth-order valence-electron chi connectivity index (χ4n) is 9.44. The van der Waals surface area contributed by atoms with Crippen LogP contribution in [0.15, 0.2) is 170 Å². The van der Waals surface area contributed by atoms with Crippen LogP contribution in [0.2, 0.25) is 0 Å². The molecule has 1 unspecified atom stereocenters. The number of benzene rings is 6. The van der Waals surface area contributed by atoms with Crippen molar-refractivity contribution < 1.29 is 0 Å². The van der Waals surface area contributed by atoms with E-state index in [-0.39, 0.29) is 11.3 Å². The molecular formula is C63H64N2. The van der Waals surface area contributed by atoms with Crippen molar-refractivity contribution in [3.8, 4) is 29.2 Å². The molecule has 1 aromatic heterocycles. The van der Waals surface area contributed by atoms with Gasteiger partial charge in [-0.15, -0.1) is 6.42 Å². The highest BCUT2D eigenvalue weighted by Crippen LogP contribution is 2.44. The van der Waals surface area contributed by atoms with Gasteiger partial charge in [0.25, 0.3) is 0 Å². The Kier molecular flexibility index (Phi) is 14.7. The van der Waals surface area contributed by atoms with E-state index in [1.54, 1.807) is 6.08 Å². The number of allylic oxidation sites excluding steroid dienone is 7. The fraction of sp³-hybridized carbons (Fsp3) is 0.222. The second-order valence-corrected chi connectivity index (χ2v) is 18.0. The first-order valence-corrected chi connectivity index (χ1v) is 23.2. The molecule has 0 N–H and O–H groups in total. The maximum Gasteiger partial charge on any atom is 0.121 e. The molecule has 2 aliphatic carbocycles. The van der Waals surface area contributed by atoms with Gasteiger partial charge in [0.15, 0.2) is 0 Å². The highest BCUT2D eigenvalue weighted by Gasteiger charge is 2.30. The molecular weight excluding hydrogens is 785 g/mol. The molecule has 65 heavy (non-hydrogen) atoms. The minimum absolute atomic E-state index is 0.164. The summed E-state index contributed by atoms with van der Waals surface area (Å²) in [5, 5.41) is 2.67. The van der Waals surface area contributed by atoms with Crippen molar-refractivity contribution in [3.63, 3.8) is 0 Å². The van der Waals surface area contributed by atoms with Crippen molar-refractivity contribution >= 4 is 28.5 Å². The number of imidazole rings is 1. The van der Waals surface area contributed by atoms with Gasteiger partial charge in [0.05, 0.1) is 11.4 Å². The Hall–Kier alpha value is -6.95. The molecule has 2 aliphatic rings. The predicted molar refractivity (Wildman–Crippen MR) is 282 cm³/mol. The molecule has 0 fully saturated rings. The zero-order chi connectivity index (χ0) is 46.1. The molecule has 6 aromatic carbocycles. The van der Waals surface area contributed by atoms with Crippen molar-refractivity contribution in [3.05, 3.63) is 232 Å². The largest absolute Gasteiger partial charge is 0.296 e. The van der Waals surface area contributed by atoms with Crippen LogP contribution in [0.3, 0.4) is 0 Å². The molecule has 0 saturated carbocycles. The number of terminal acetylenes is 1. The first kappa shape index (κ1) is 46.1. The summed E-state index contributed by atoms with van der Waals surface area (Å²) in [5.41, 5.74) is 19.6. The van der Waals surface area contributed by atoms with Crippen molar-refractivity contribution in [1.82, 2.24) is 9.55 Å². The molecule has 0 saturated heterocycles. The van der Waals surface area contributed by atoms with E-state index in [0.29, 0.717) is 0 Å². The lowest BCUT2D eigenvalue weighted by Gasteiger charge is -2.34. The monoisotopic (exact) mass is 849 g/mol. The van der Waals surface area contributed by atoms with Crippen LogP contribution < -0.4 is 0 Å². The van der Waals surface area contributed by atoms with Gasteiger partial charge >= 0.3 is 0 Å². The van der Waals surface area contributed by atoms with Crippen LogP contribution in [0.1, 0.15) is 109 Å². The van der Waals surface area contributed by atoms with Crippen molar-refractivity contribution in [1.29, 1.82) is 0 Å². The highest BCUT2D eigenvalue weighted by molar-refractivity contribution is 5.98. The number of rotatable bonds is 8. The highest BCUT2D eigenvalue weighted by atomic mass is 15.1. The third-order valence-electron chi connectivity index (χ3n) is 12.9. The summed E-state index contributed by atoms with van der Waals surface area (Å²) in [7, 11) is 0. The first-order chi connectivity index (χ1) is 31.5. The Morgan fingerprint density at radius 1 is 0.815 bits per heavy atom. The summed E-state index contributed by atoms with van der Waals surface area (Å²) in [6, 6.07) is 45.8. The number of fused-ring (bicyclic) bond motifs is 3. The fourth-order valence-corrected chi connectivity index (χ4v) is 9.44. The number of aryl methyl sites for hydroxylation is 5. The van der Waals surface area contributed by atoms with E-state index in [1.807, 2.05) is 12.2 Å². The van der Waals surface area contributed by atoms with Gasteiger partial charge in [-0.2, -0.15) is 0 Å². The van der Waals surface area contributed by atoms with Crippen LogP contribution in [0.25, 0.3) is 45.3 Å². The molecule has 0 bridgehead atoms. The summed E-state index contributed by atoms with van der Waals surface area (Å²) in [6.07, 6.45) is 24.1. The summed E-state index contributed by atoms with van der Waals surface area (Å²) in [5.74, 6) is 3.90. The van der Waals surface area contributed by atoms with E-state index in [0.717, 1.165) is 31.5 Å². The van der Waals surface area contributed by atoms with E-state index in [2.05, 4.69) is 224 Å². The summed E-state index contributed by atoms with van der Waals surface area (Å²) in [6.45, 7) is 21.6. The van der Waals surface area contributed by atoms with Crippen molar-refractivity contribution in [2.45, 2.75) is 87.0 Å². The van der Waals surface area contributed by atoms with Crippen LogP contribution in [-0.4, -0.2) is 9.55 Å². The Balaban J connectivity index is 0.000000155. The Bertz CT molecular complexity index is 2970. The maximum atomic E-state index is 5.41. The van der Waals surface area contributed by atoms with Gasteiger partial charge in [0.1, 0.15) is 5.82 Å². The quantitative estimate of drug-likeness (QED) is 0.139. The average Bonchev–Trinajstić information content (AvgIpc) is 3.71. The molecule has 0 amide bonds. The van der Waals surface area contributed by atoms with Gasteiger partial charge in [-0.05, 0) is 156 Å². The molecule has 2 heteroatoms. The molecule has 0 radical (unpaired) electrons. The Morgan fingerprint density at radius 3 is 2.23 bits per heavy atom. The normalized spacial score (nSPS) is 14.2. The molecule has 9 rings (SSSR count). The number of hydrogen-bond acceptors (Lipinski definition) is 1. The van der Waals surface area contributed by atoms with E-state index in [9.17, 15) is 0 Å².